The van der Waals surface area contributed by atoms with Crippen molar-refractivity contribution in [3.8, 4) is 5.75 Å². The zero-order chi connectivity index (χ0) is 11.3. The van der Waals surface area contributed by atoms with Crippen LogP contribution in [0.3, 0.4) is 0 Å². The first-order valence-electron chi connectivity index (χ1n) is 4.86. The van der Waals surface area contributed by atoms with Crippen molar-refractivity contribution in [2.24, 2.45) is 5.73 Å². The van der Waals surface area contributed by atoms with Crippen LogP contribution in [0, 0.1) is 0 Å². The van der Waals surface area contributed by atoms with Gasteiger partial charge in [-0.3, -0.25) is 0 Å². The quantitative estimate of drug-likeness (QED) is 0.887. The predicted molar refractivity (Wildman–Crippen MR) is 66.2 cm³/mol. The van der Waals surface area contributed by atoms with Gasteiger partial charge in [-0.15, -0.1) is 0 Å². The van der Waals surface area contributed by atoms with Gasteiger partial charge in [-0.2, -0.15) is 0 Å². The Labute approximate surface area is 99.3 Å². The fourth-order valence-corrected chi connectivity index (χ4v) is 1.66. The molecule has 0 saturated heterocycles. The van der Waals surface area contributed by atoms with Gasteiger partial charge in [-0.1, -0.05) is 22.0 Å². The van der Waals surface area contributed by atoms with E-state index in [1.165, 1.54) is 0 Å². The minimum atomic E-state index is 0.0407. The monoisotopic (exact) mass is 272 g/mol. The smallest absolute Gasteiger partial charge is 0.120 e. The average Bonchev–Trinajstić information content (AvgIpc) is 2.14. The Morgan fingerprint density at radius 1 is 1.47 bits per heavy atom. The molecule has 3 nitrogen and oxygen atoms in total. The summed E-state index contributed by atoms with van der Waals surface area (Å²) in [5.74, 6) is 0.846. The lowest BCUT2D eigenvalue weighted by Crippen LogP contribution is -2.37. The highest BCUT2D eigenvalue weighted by Gasteiger charge is 2.04. The van der Waals surface area contributed by atoms with E-state index in [9.17, 15) is 0 Å². The maximum Gasteiger partial charge on any atom is 0.120 e. The molecule has 2 N–H and O–H groups in total. The highest BCUT2D eigenvalue weighted by Crippen LogP contribution is 2.17. The normalized spacial score (nSPS) is 12.9. The summed E-state index contributed by atoms with van der Waals surface area (Å²) in [5, 5.41) is 0. The molecule has 0 radical (unpaired) electrons. The van der Waals surface area contributed by atoms with Gasteiger partial charge in [-0.25, -0.2) is 0 Å². The van der Waals surface area contributed by atoms with Crippen molar-refractivity contribution in [2.75, 3.05) is 27.2 Å². The lowest BCUT2D eigenvalue weighted by Gasteiger charge is -2.17. The Hall–Kier alpha value is -0.580. The molecule has 15 heavy (non-hydrogen) atoms. The number of benzene rings is 1. The maximum atomic E-state index is 5.88. The van der Waals surface area contributed by atoms with E-state index in [4.69, 9.17) is 10.5 Å². The molecule has 0 heterocycles. The van der Waals surface area contributed by atoms with Gasteiger partial charge in [0.2, 0.25) is 0 Å². The molecule has 84 valence electrons. The molecule has 4 heteroatoms. The van der Waals surface area contributed by atoms with Crippen LogP contribution in [0.25, 0.3) is 0 Å². The van der Waals surface area contributed by atoms with Crippen LogP contribution in [-0.2, 0) is 0 Å². The molecule has 0 fully saturated rings. The Morgan fingerprint density at radius 2 is 2.20 bits per heavy atom. The second-order valence-electron chi connectivity index (χ2n) is 3.79. The van der Waals surface area contributed by atoms with Crippen molar-refractivity contribution in [3.05, 3.63) is 28.7 Å². The molecule has 0 aliphatic rings. The molecule has 1 atom stereocenters. The van der Waals surface area contributed by atoms with Crippen molar-refractivity contribution >= 4 is 15.9 Å². The molecular formula is C11H17BrN2O. The first-order chi connectivity index (χ1) is 7.08. The van der Waals surface area contributed by atoms with Crippen LogP contribution in [0.4, 0.5) is 0 Å². The molecule has 1 aromatic carbocycles. The second-order valence-corrected chi connectivity index (χ2v) is 4.71. The summed E-state index contributed by atoms with van der Waals surface area (Å²) in [6, 6.07) is 7.80. The zero-order valence-corrected chi connectivity index (χ0v) is 10.7. The van der Waals surface area contributed by atoms with E-state index in [0.717, 1.165) is 16.8 Å². The van der Waals surface area contributed by atoms with Gasteiger partial charge in [0, 0.05) is 11.0 Å². The molecule has 0 amide bonds. The first kappa shape index (κ1) is 12.5. The first-order valence-corrected chi connectivity index (χ1v) is 5.66. The third kappa shape index (κ3) is 5.16. The summed E-state index contributed by atoms with van der Waals surface area (Å²) in [6.45, 7) is 1.36. The van der Waals surface area contributed by atoms with Crippen LogP contribution in [-0.4, -0.2) is 38.2 Å². The number of nitrogens with two attached hydrogens (primary N) is 1. The molecule has 0 saturated carbocycles. The van der Waals surface area contributed by atoms with Crippen LogP contribution in [0.1, 0.15) is 0 Å². The summed E-state index contributed by atoms with van der Waals surface area (Å²) in [4.78, 5) is 2.05. The van der Waals surface area contributed by atoms with Crippen LogP contribution in [0.2, 0.25) is 0 Å². The van der Waals surface area contributed by atoms with Gasteiger partial charge in [0.1, 0.15) is 12.4 Å². The third-order valence-corrected chi connectivity index (χ3v) is 2.35. The second kappa shape index (κ2) is 6.10. The Balaban J connectivity index is 2.36. The van der Waals surface area contributed by atoms with E-state index in [1.807, 2.05) is 38.4 Å². The fourth-order valence-electron chi connectivity index (χ4n) is 1.28. The van der Waals surface area contributed by atoms with E-state index < -0.39 is 0 Å². The molecule has 1 unspecified atom stereocenters. The lowest BCUT2D eigenvalue weighted by molar-refractivity contribution is 0.254. The largest absolute Gasteiger partial charge is 0.492 e. The van der Waals surface area contributed by atoms with Gasteiger partial charge < -0.3 is 15.4 Å². The Kier molecular flexibility index (Phi) is 5.08. The van der Waals surface area contributed by atoms with Crippen molar-refractivity contribution in [1.82, 2.24) is 4.90 Å². The van der Waals surface area contributed by atoms with Gasteiger partial charge in [-0.05, 0) is 32.3 Å². The number of halogens is 1. The van der Waals surface area contributed by atoms with Crippen molar-refractivity contribution < 1.29 is 4.74 Å². The van der Waals surface area contributed by atoms with Crippen LogP contribution < -0.4 is 10.5 Å². The Bertz CT molecular complexity index is 304. The van der Waals surface area contributed by atoms with Gasteiger partial charge in [0.15, 0.2) is 0 Å². The highest BCUT2D eigenvalue weighted by atomic mass is 79.9. The van der Waals surface area contributed by atoms with Crippen LogP contribution in [0.5, 0.6) is 5.75 Å². The van der Waals surface area contributed by atoms with E-state index in [1.54, 1.807) is 0 Å². The van der Waals surface area contributed by atoms with Crippen molar-refractivity contribution in [1.29, 1.82) is 0 Å². The van der Waals surface area contributed by atoms with Gasteiger partial charge >= 0.3 is 0 Å². The van der Waals surface area contributed by atoms with Crippen LogP contribution in [0.15, 0.2) is 28.7 Å². The number of nitrogens with zero attached hydrogens (tertiary/aromatic N) is 1. The molecule has 1 aromatic rings. The molecule has 0 aliphatic carbocycles. The molecule has 0 aliphatic heterocycles. The maximum absolute atomic E-state index is 5.88. The number of ether oxygens (including phenoxy) is 1. The number of rotatable bonds is 5. The van der Waals surface area contributed by atoms with Crippen LogP contribution >= 0.6 is 15.9 Å². The molecule has 0 spiro atoms. The lowest BCUT2D eigenvalue weighted by atomic mass is 10.3. The van der Waals surface area contributed by atoms with E-state index in [0.29, 0.717) is 6.61 Å². The Morgan fingerprint density at radius 3 is 2.80 bits per heavy atom. The summed E-state index contributed by atoms with van der Waals surface area (Å²) < 4.78 is 6.58. The van der Waals surface area contributed by atoms with Crippen molar-refractivity contribution in [2.45, 2.75) is 6.04 Å². The van der Waals surface area contributed by atoms with E-state index in [-0.39, 0.29) is 6.04 Å². The van der Waals surface area contributed by atoms with E-state index >= 15 is 0 Å². The van der Waals surface area contributed by atoms with Gasteiger partial charge in [0.25, 0.3) is 0 Å². The van der Waals surface area contributed by atoms with Gasteiger partial charge in [0.05, 0.1) is 6.04 Å². The highest BCUT2D eigenvalue weighted by molar-refractivity contribution is 9.10. The number of hydrogen-bond acceptors (Lipinski definition) is 3. The number of hydrogen-bond donors (Lipinski definition) is 1. The molecule has 0 aromatic heterocycles. The SMILES string of the molecule is CN(C)CC(N)COc1cccc(Br)c1. The summed E-state index contributed by atoms with van der Waals surface area (Å²) in [7, 11) is 4.00. The third-order valence-electron chi connectivity index (χ3n) is 1.86. The molecular weight excluding hydrogens is 256 g/mol. The standard InChI is InChI=1S/C11H17BrN2O/c1-14(2)7-10(13)8-15-11-5-3-4-9(12)6-11/h3-6,10H,7-8,13H2,1-2H3. The molecule has 0 bridgehead atoms. The summed E-state index contributed by atoms with van der Waals surface area (Å²) >= 11 is 3.39. The summed E-state index contributed by atoms with van der Waals surface area (Å²) in [6.07, 6.45) is 0. The minimum absolute atomic E-state index is 0.0407. The predicted octanol–water partition coefficient (Wildman–Crippen LogP) is 1.72. The molecule has 1 rings (SSSR count). The van der Waals surface area contributed by atoms with Crippen molar-refractivity contribution in [3.63, 3.8) is 0 Å². The topological polar surface area (TPSA) is 38.5 Å². The average molecular weight is 273 g/mol. The zero-order valence-electron chi connectivity index (χ0n) is 9.11. The minimum Gasteiger partial charge on any atom is -0.492 e. The summed E-state index contributed by atoms with van der Waals surface area (Å²) in [5.41, 5.74) is 5.88. The fraction of sp³-hybridized carbons (Fsp3) is 0.455. The number of likely N-dealkylation sites (N-methyl/N-ethyl adjacent to an activating group) is 1. The van der Waals surface area contributed by atoms with E-state index in [2.05, 4.69) is 20.8 Å².